The van der Waals surface area contributed by atoms with Gasteiger partial charge in [-0.05, 0) is 66.8 Å². The molecular weight excluding hydrogens is 517 g/mol. The molecule has 0 aliphatic heterocycles. The molecule has 0 saturated carbocycles. The summed E-state index contributed by atoms with van der Waals surface area (Å²) in [5.74, 6) is -1.00. The van der Waals surface area contributed by atoms with Crippen molar-refractivity contribution in [2.24, 2.45) is 0 Å². The van der Waals surface area contributed by atoms with E-state index < -0.39 is 21.9 Å². The van der Waals surface area contributed by atoms with Gasteiger partial charge < -0.3 is 10.2 Å². The molecule has 3 rings (SSSR count). The van der Waals surface area contributed by atoms with Gasteiger partial charge in [0, 0.05) is 33.0 Å². The maximum absolute atomic E-state index is 13.6. The summed E-state index contributed by atoms with van der Waals surface area (Å²) < 4.78 is 40.0. The van der Waals surface area contributed by atoms with Crippen molar-refractivity contribution in [2.45, 2.75) is 45.7 Å². The third-order valence-corrected chi connectivity index (χ3v) is 7.91. The topological polar surface area (TPSA) is 86.8 Å². The number of likely N-dealkylation sites (N-methyl/N-ethyl adjacent to an activating group) is 1. The number of carbonyl (C=O) groups excluding carboxylic acids is 2. The van der Waals surface area contributed by atoms with E-state index in [2.05, 4.69) is 5.32 Å². The van der Waals surface area contributed by atoms with E-state index in [1.807, 2.05) is 56.3 Å². The highest BCUT2D eigenvalue weighted by atomic mass is 32.2. The minimum Gasteiger partial charge on any atom is -0.357 e. The van der Waals surface area contributed by atoms with Crippen molar-refractivity contribution in [1.29, 1.82) is 0 Å². The number of rotatable bonds is 12. The smallest absolute Gasteiger partial charge is 0.242 e. The Labute approximate surface area is 230 Å². The molecule has 0 aliphatic carbocycles. The van der Waals surface area contributed by atoms with Gasteiger partial charge in [0.1, 0.15) is 11.9 Å². The van der Waals surface area contributed by atoms with Crippen LogP contribution in [0.2, 0.25) is 0 Å². The van der Waals surface area contributed by atoms with Crippen LogP contribution in [-0.4, -0.2) is 51.0 Å². The molecule has 9 heteroatoms. The molecule has 0 aliphatic rings. The van der Waals surface area contributed by atoms with Gasteiger partial charge in [-0.25, -0.2) is 12.8 Å². The number of nitrogens with zero attached hydrogens (tertiary/aromatic N) is 2. The van der Waals surface area contributed by atoms with Gasteiger partial charge in [-0.1, -0.05) is 48.5 Å². The Morgan fingerprint density at radius 2 is 1.59 bits per heavy atom. The van der Waals surface area contributed by atoms with Crippen molar-refractivity contribution in [2.75, 3.05) is 24.2 Å². The molecule has 0 radical (unpaired) electrons. The highest BCUT2D eigenvalue weighted by molar-refractivity contribution is 7.92. The minimum absolute atomic E-state index is 0.0281. The maximum Gasteiger partial charge on any atom is 0.242 e. The molecule has 0 aromatic heterocycles. The number of amides is 2. The summed E-state index contributed by atoms with van der Waals surface area (Å²) in [5, 5.41) is 2.66. The summed E-state index contributed by atoms with van der Waals surface area (Å²) in [7, 11) is -2.06. The molecule has 0 heterocycles. The fourth-order valence-corrected chi connectivity index (χ4v) is 5.35. The molecular formula is C30H36FN3O4S. The molecule has 2 amide bonds. The molecule has 3 aromatic carbocycles. The number of anilines is 1. The highest BCUT2D eigenvalue weighted by Gasteiger charge is 2.30. The van der Waals surface area contributed by atoms with Gasteiger partial charge in [-0.15, -0.1) is 0 Å². The SMILES string of the molecule is CNC(=O)[C@H](Cc1ccccc1)N(Cc1ccc(F)cc1)C(=O)CCCN(c1ccc(C)c(C)c1)S(C)(=O)=O. The number of hydrogen-bond donors (Lipinski definition) is 1. The Morgan fingerprint density at radius 1 is 0.923 bits per heavy atom. The van der Waals surface area contributed by atoms with Crippen LogP contribution in [0.25, 0.3) is 0 Å². The van der Waals surface area contributed by atoms with E-state index in [-0.39, 0.29) is 37.7 Å². The molecule has 208 valence electrons. The molecule has 0 spiro atoms. The summed E-state index contributed by atoms with van der Waals surface area (Å²) in [6.07, 6.45) is 1.72. The van der Waals surface area contributed by atoms with Crippen LogP contribution in [0.5, 0.6) is 0 Å². The first-order valence-corrected chi connectivity index (χ1v) is 14.7. The lowest BCUT2D eigenvalue weighted by atomic mass is 10.0. The van der Waals surface area contributed by atoms with E-state index in [0.717, 1.165) is 22.9 Å². The van der Waals surface area contributed by atoms with E-state index in [1.165, 1.54) is 28.4 Å². The molecule has 39 heavy (non-hydrogen) atoms. The second kappa shape index (κ2) is 13.4. The van der Waals surface area contributed by atoms with Gasteiger partial charge in [-0.2, -0.15) is 0 Å². The van der Waals surface area contributed by atoms with Crippen LogP contribution < -0.4 is 9.62 Å². The lowest BCUT2D eigenvalue weighted by molar-refractivity contribution is -0.141. The number of carbonyl (C=O) groups is 2. The monoisotopic (exact) mass is 553 g/mol. The Balaban J connectivity index is 1.84. The van der Waals surface area contributed by atoms with Gasteiger partial charge in [0.05, 0.1) is 11.9 Å². The van der Waals surface area contributed by atoms with Crippen molar-refractivity contribution < 1.29 is 22.4 Å². The molecule has 7 nitrogen and oxygen atoms in total. The molecule has 3 aromatic rings. The summed E-state index contributed by atoms with van der Waals surface area (Å²) in [6, 6.07) is 19.9. The standard InChI is InChI=1S/C30H36FN3O4S/c1-22-12-17-27(19-23(22)2)34(39(4,37)38)18-8-11-29(35)33(21-25-13-15-26(31)16-14-25)28(30(36)32-3)20-24-9-6-5-7-10-24/h5-7,9-10,12-17,19,28H,8,11,18,20-21H2,1-4H3,(H,32,36)/t28-/m0/s1. The maximum atomic E-state index is 13.6. The van der Waals surface area contributed by atoms with Crippen LogP contribution in [0.4, 0.5) is 10.1 Å². The molecule has 0 bridgehead atoms. The van der Waals surface area contributed by atoms with Crippen LogP contribution in [-0.2, 0) is 32.6 Å². The van der Waals surface area contributed by atoms with E-state index in [0.29, 0.717) is 17.7 Å². The minimum atomic E-state index is -3.58. The molecule has 0 saturated heterocycles. The number of halogens is 1. The molecule has 0 unspecified atom stereocenters. The third kappa shape index (κ3) is 8.38. The number of sulfonamides is 1. The summed E-state index contributed by atoms with van der Waals surface area (Å²) in [5.41, 5.74) is 4.14. The average molecular weight is 554 g/mol. The fourth-order valence-electron chi connectivity index (χ4n) is 4.39. The van der Waals surface area contributed by atoms with Crippen LogP contribution >= 0.6 is 0 Å². The van der Waals surface area contributed by atoms with E-state index >= 15 is 0 Å². The largest absolute Gasteiger partial charge is 0.357 e. The predicted octanol–water partition coefficient (Wildman–Crippen LogP) is 4.37. The van der Waals surface area contributed by atoms with Crippen molar-refractivity contribution in [3.63, 3.8) is 0 Å². The Bertz CT molecular complexity index is 1380. The quantitative estimate of drug-likeness (QED) is 0.361. The van der Waals surface area contributed by atoms with Gasteiger partial charge in [-0.3, -0.25) is 13.9 Å². The number of aryl methyl sites for hydroxylation is 2. The average Bonchev–Trinajstić information content (AvgIpc) is 2.90. The number of nitrogens with one attached hydrogen (secondary N) is 1. The lowest BCUT2D eigenvalue weighted by Gasteiger charge is -2.31. The lowest BCUT2D eigenvalue weighted by Crippen LogP contribution is -2.49. The van der Waals surface area contributed by atoms with Crippen LogP contribution in [0, 0.1) is 19.7 Å². The van der Waals surface area contributed by atoms with Crippen LogP contribution in [0.15, 0.2) is 72.8 Å². The summed E-state index contributed by atoms with van der Waals surface area (Å²) >= 11 is 0. The Kier molecular flexibility index (Phi) is 10.2. The van der Waals surface area contributed by atoms with Gasteiger partial charge in [0.15, 0.2) is 0 Å². The first-order chi connectivity index (χ1) is 18.5. The number of hydrogen-bond acceptors (Lipinski definition) is 4. The van der Waals surface area contributed by atoms with Gasteiger partial charge >= 0.3 is 0 Å². The van der Waals surface area contributed by atoms with Crippen molar-refractivity contribution in [3.8, 4) is 0 Å². The van der Waals surface area contributed by atoms with Crippen LogP contribution in [0.3, 0.4) is 0 Å². The molecule has 1 N–H and O–H groups in total. The van der Waals surface area contributed by atoms with E-state index in [4.69, 9.17) is 0 Å². The van der Waals surface area contributed by atoms with Crippen molar-refractivity contribution in [3.05, 3.63) is 101 Å². The van der Waals surface area contributed by atoms with Gasteiger partial charge in [0.25, 0.3) is 0 Å². The molecule has 0 fully saturated rings. The highest BCUT2D eigenvalue weighted by Crippen LogP contribution is 2.23. The van der Waals surface area contributed by atoms with Crippen molar-refractivity contribution in [1.82, 2.24) is 10.2 Å². The van der Waals surface area contributed by atoms with Crippen molar-refractivity contribution >= 4 is 27.5 Å². The molecule has 1 atom stereocenters. The van der Waals surface area contributed by atoms with E-state index in [9.17, 15) is 22.4 Å². The van der Waals surface area contributed by atoms with Gasteiger partial charge in [0.2, 0.25) is 21.8 Å². The normalized spacial score (nSPS) is 12.0. The Morgan fingerprint density at radius 3 is 2.18 bits per heavy atom. The second-order valence-corrected chi connectivity index (χ2v) is 11.6. The fraction of sp³-hybridized carbons (Fsp3) is 0.333. The first-order valence-electron chi connectivity index (χ1n) is 12.8. The van der Waals surface area contributed by atoms with Crippen LogP contribution in [0.1, 0.15) is 35.1 Å². The predicted molar refractivity (Wildman–Crippen MR) is 152 cm³/mol. The zero-order valence-electron chi connectivity index (χ0n) is 22.9. The Hall–Kier alpha value is -3.72. The zero-order valence-corrected chi connectivity index (χ0v) is 23.7. The second-order valence-electron chi connectivity index (χ2n) is 9.68. The summed E-state index contributed by atoms with van der Waals surface area (Å²) in [4.78, 5) is 28.1. The number of benzene rings is 3. The summed E-state index contributed by atoms with van der Waals surface area (Å²) in [6.45, 7) is 4.09. The third-order valence-electron chi connectivity index (χ3n) is 6.71. The zero-order chi connectivity index (χ0) is 28.6. The first kappa shape index (κ1) is 29.8. The van der Waals surface area contributed by atoms with E-state index in [1.54, 1.807) is 18.2 Å².